The number of methoxy groups -OCH3 is 1. The second-order valence-electron chi connectivity index (χ2n) is 3.72. The summed E-state index contributed by atoms with van der Waals surface area (Å²) in [4.78, 5) is 14.3. The van der Waals surface area contributed by atoms with Crippen LogP contribution in [0, 0.1) is 13.8 Å². The maximum Gasteiger partial charge on any atom is 0.306 e. The van der Waals surface area contributed by atoms with Crippen LogP contribution in [-0.4, -0.2) is 24.6 Å². The molecule has 1 heterocycles. The Morgan fingerprint density at radius 3 is 2.67 bits per heavy atom. The number of rotatable bonds is 4. The van der Waals surface area contributed by atoms with Crippen LogP contribution in [0.25, 0.3) is 0 Å². The number of aromatic amines is 1. The van der Waals surface area contributed by atoms with E-state index < -0.39 is 0 Å². The summed E-state index contributed by atoms with van der Waals surface area (Å²) < 4.78 is 4.66. The third-order valence-electron chi connectivity index (χ3n) is 2.67. The monoisotopic (exact) mass is 210 g/mol. The van der Waals surface area contributed by atoms with Crippen molar-refractivity contribution in [2.45, 2.75) is 26.2 Å². The molecule has 0 saturated heterocycles. The molecule has 0 aromatic carbocycles. The van der Waals surface area contributed by atoms with Crippen LogP contribution in [0.15, 0.2) is 6.20 Å². The lowest BCUT2D eigenvalue weighted by Gasteiger charge is -2.14. The number of nitrogens with two attached hydrogens (primary N) is 1. The van der Waals surface area contributed by atoms with E-state index in [1.807, 2.05) is 20.0 Å². The van der Waals surface area contributed by atoms with Crippen molar-refractivity contribution in [2.75, 3.05) is 13.7 Å². The molecule has 0 spiro atoms. The lowest BCUT2D eigenvalue weighted by molar-refractivity contribution is -0.141. The number of hydrogen-bond acceptors (Lipinski definition) is 3. The molecule has 1 atom stereocenters. The molecule has 1 aromatic heterocycles. The predicted octanol–water partition coefficient (Wildman–Crippen LogP) is 1.24. The topological polar surface area (TPSA) is 68.1 Å². The number of aromatic nitrogens is 1. The van der Waals surface area contributed by atoms with E-state index in [1.165, 1.54) is 7.11 Å². The Hall–Kier alpha value is -1.29. The Kier molecular flexibility index (Phi) is 3.91. The minimum atomic E-state index is -0.217. The number of hydrogen-bond donors (Lipinski definition) is 2. The second-order valence-corrected chi connectivity index (χ2v) is 3.72. The fraction of sp³-hybridized carbons (Fsp3) is 0.545. The lowest BCUT2D eigenvalue weighted by atomic mass is 9.93. The summed E-state index contributed by atoms with van der Waals surface area (Å²) in [7, 11) is 1.40. The van der Waals surface area contributed by atoms with Gasteiger partial charge in [-0.05, 0) is 31.5 Å². The molecule has 0 saturated carbocycles. The smallest absolute Gasteiger partial charge is 0.306 e. The molecule has 4 nitrogen and oxygen atoms in total. The highest BCUT2D eigenvalue weighted by atomic mass is 16.5. The van der Waals surface area contributed by atoms with Crippen molar-refractivity contribution in [3.63, 3.8) is 0 Å². The van der Waals surface area contributed by atoms with Crippen molar-refractivity contribution < 1.29 is 9.53 Å². The van der Waals surface area contributed by atoms with Gasteiger partial charge in [0.25, 0.3) is 0 Å². The fourth-order valence-electron chi connectivity index (χ4n) is 1.88. The molecule has 0 fully saturated rings. The number of nitrogens with one attached hydrogen (secondary N) is 1. The molecule has 0 amide bonds. The molecule has 84 valence electrons. The standard InChI is InChI=1S/C11H18N2O2/c1-7-6-13-8(2)11(7)9(5-12)4-10(14)15-3/h6,9,13H,4-5,12H2,1-3H3. The summed E-state index contributed by atoms with van der Waals surface area (Å²) in [5.41, 5.74) is 9.05. The average molecular weight is 210 g/mol. The molecule has 1 aromatic rings. The SMILES string of the molecule is COC(=O)CC(CN)c1c(C)c[nH]c1C. The van der Waals surface area contributed by atoms with Crippen LogP contribution in [-0.2, 0) is 9.53 Å². The minimum Gasteiger partial charge on any atom is -0.469 e. The van der Waals surface area contributed by atoms with Gasteiger partial charge in [-0.25, -0.2) is 0 Å². The highest BCUT2D eigenvalue weighted by molar-refractivity contribution is 5.70. The van der Waals surface area contributed by atoms with Crippen molar-refractivity contribution in [1.29, 1.82) is 0 Å². The summed E-state index contributed by atoms with van der Waals surface area (Å²) in [5.74, 6) is -0.172. The van der Waals surface area contributed by atoms with E-state index in [-0.39, 0.29) is 11.9 Å². The first-order chi connectivity index (χ1) is 7.10. The van der Waals surface area contributed by atoms with Crippen LogP contribution in [0.5, 0.6) is 0 Å². The van der Waals surface area contributed by atoms with Crippen molar-refractivity contribution >= 4 is 5.97 Å². The second kappa shape index (κ2) is 4.98. The largest absolute Gasteiger partial charge is 0.469 e. The molecular formula is C11H18N2O2. The van der Waals surface area contributed by atoms with Crippen LogP contribution in [0.4, 0.5) is 0 Å². The molecule has 1 unspecified atom stereocenters. The molecule has 1 rings (SSSR count). The molecule has 0 radical (unpaired) electrons. The van der Waals surface area contributed by atoms with Crippen LogP contribution in [0.2, 0.25) is 0 Å². The van der Waals surface area contributed by atoms with Crippen LogP contribution in [0.3, 0.4) is 0 Å². The van der Waals surface area contributed by atoms with Crippen molar-refractivity contribution in [2.24, 2.45) is 5.73 Å². The minimum absolute atomic E-state index is 0.0451. The quantitative estimate of drug-likeness (QED) is 0.734. The van der Waals surface area contributed by atoms with Gasteiger partial charge in [-0.3, -0.25) is 4.79 Å². The maximum atomic E-state index is 11.2. The van der Waals surface area contributed by atoms with Crippen molar-refractivity contribution in [3.05, 3.63) is 23.0 Å². The van der Waals surface area contributed by atoms with Gasteiger partial charge in [0.15, 0.2) is 0 Å². The van der Waals surface area contributed by atoms with E-state index in [1.54, 1.807) is 0 Å². The van der Waals surface area contributed by atoms with Crippen LogP contribution < -0.4 is 5.73 Å². The number of ether oxygens (including phenoxy) is 1. The lowest BCUT2D eigenvalue weighted by Crippen LogP contribution is -2.18. The normalized spacial score (nSPS) is 12.5. The highest BCUT2D eigenvalue weighted by Gasteiger charge is 2.19. The summed E-state index contributed by atoms with van der Waals surface area (Å²) >= 11 is 0. The Morgan fingerprint density at radius 2 is 2.27 bits per heavy atom. The van der Waals surface area contributed by atoms with Gasteiger partial charge in [0.05, 0.1) is 13.5 Å². The molecule has 4 heteroatoms. The number of H-pyrrole nitrogens is 1. The van der Waals surface area contributed by atoms with Gasteiger partial charge in [0, 0.05) is 17.8 Å². The Labute approximate surface area is 89.8 Å². The van der Waals surface area contributed by atoms with Gasteiger partial charge in [0.1, 0.15) is 0 Å². The predicted molar refractivity (Wildman–Crippen MR) is 58.7 cm³/mol. The summed E-state index contributed by atoms with van der Waals surface area (Å²) in [6.45, 7) is 4.45. The van der Waals surface area contributed by atoms with E-state index in [0.29, 0.717) is 13.0 Å². The molecule has 0 aliphatic heterocycles. The molecule has 15 heavy (non-hydrogen) atoms. The van der Waals surface area contributed by atoms with Gasteiger partial charge in [-0.1, -0.05) is 0 Å². The van der Waals surface area contributed by atoms with E-state index in [4.69, 9.17) is 5.73 Å². The maximum absolute atomic E-state index is 11.2. The zero-order valence-corrected chi connectivity index (χ0v) is 9.46. The van der Waals surface area contributed by atoms with Gasteiger partial charge in [-0.15, -0.1) is 0 Å². The van der Waals surface area contributed by atoms with Crippen molar-refractivity contribution in [1.82, 2.24) is 4.98 Å². The first-order valence-electron chi connectivity index (χ1n) is 5.01. The van der Waals surface area contributed by atoms with E-state index >= 15 is 0 Å². The Bertz CT molecular complexity index is 325. The van der Waals surface area contributed by atoms with Crippen LogP contribution in [0.1, 0.15) is 29.2 Å². The zero-order valence-electron chi connectivity index (χ0n) is 9.46. The number of aryl methyl sites for hydroxylation is 2. The third-order valence-corrected chi connectivity index (χ3v) is 2.67. The third kappa shape index (κ3) is 2.59. The molecule has 0 aliphatic carbocycles. The van der Waals surface area contributed by atoms with Gasteiger partial charge in [-0.2, -0.15) is 0 Å². The molecule has 0 bridgehead atoms. The summed E-state index contributed by atoms with van der Waals surface area (Å²) in [5, 5.41) is 0. The van der Waals surface area contributed by atoms with Gasteiger partial charge in [0.2, 0.25) is 0 Å². The summed E-state index contributed by atoms with van der Waals surface area (Å²) in [6.07, 6.45) is 2.27. The van der Waals surface area contributed by atoms with E-state index in [9.17, 15) is 4.79 Å². The Balaban J connectivity index is 2.87. The first-order valence-corrected chi connectivity index (χ1v) is 5.01. The van der Waals surface area contributed by atoms with Gasteiger partial charge < -0.3 is 15.5 Å². The molecule has 3 N–H and O–H groups in total. The van der Waals surface area contributed by atoms with Crippen molar-refractivity contribution in [3.8, 4) is 0 Å². The zero-order chi connectivity index (χ0) is 11.4. The number of carbonyl (C=O) groups is 1. The fourth-order valence-corrected chi connectivity index (χ4v) is 1.88. The van der Waals surface area contributed by atoms with E-state index in [0.717, 1.165) is 16.8 Å². The average Bonchev–Trinajstić information content (AvgIpc) is 2.55. The van der Waals surface area contributed by atoms with Crippen LogP contribution >= 0.6 is 0 Å². The molecular weight excluding hydrogens is 192 g/mol. The number of esters is 1. The van der Waals surface area contributed by atoms with Gasteiger partial charge >= 0.3 is 5.97 Å². The summed E-state index contributed by atoms with van der Waals surface area (Å²) in [6, 6.07) is 0. The Morgan fingerprint density at radius 1 is 1.60 bits per heavy atom. The highest BCUT2D eigenvalue weighted by Crippen LogP contribution is 2.25. The van der Waals surface area contributed by atoms with E-state index in [2.05, 4.69) is 9.72 Å². The number of carbonyl (C=O) groups excluding carboxylic acids is 1. The molecule has 0 aliphatic rings. The first kappa shape index (κ1) is 11.8.